The molecule has 3 rings (SSSR count). The van der Waals surface area contributed by atoms with E-state index in [2.05, 4.69) is 11.4 Å². The first-order valence-electron chi connectivity index (χ1n) is 6.10. The Balaban J connectivity index is 1.80. The molecular formula is C14H14N2O2S. The van der Waals surface area contributed by atoms with E-state index < -0.39 is 0 Å². The van der Waals surface area contributed by atoms with Crippen molar-refractivity contribution in [2.75, 3.05) is 11.1 Å². The molecule has 2 heterocycles. The lowest BCUT2D eigenvalue weighted by Crippen LogP contribution is -2.19. The number of carbonyl (C=O) groups excluding carboxylic acids is 1. The van der Waals surface area contributed by atoms with E-state index in [-0.39, 0.29) is 5.91 Å². The van der Waals surface area contributed by atoms with E-state index >= 15 is 0 Å². The van der Waals surface area contributed by atoms with E-state index in [9.17, 15) is 4.79 Å². The van der Waals surface area contributed by atoms with Gasteiger partial charge in [0.1, 0.15) is 5.76 Å². The number of benzene rings is 1. The Kier molecular flexibility index (Phi) is 3.21. The van der Waals surface area contributed by atoms with Crippen LogP contribution in [0, 0.1) is 0 Å². The van der Waals surface area contributed by atoms with E-state index in [0.29, 0.717) is 12.1 Å². The van der Waals surface area contributed by atoms with Gasteiger partial charge in [0, 0.05) is 22.7 Å². The summed E-state index contributed by atoms with van der Waals surface area (Å²) in [6.07, 6.45) is 2.98. The maximum absolute atomic E-state index is 11.3. The van der Waals surface area contributed by atoms with Crippen LogP contribution < -0.4 is 11.1 Å². The smallest absolute Gasteiger partial charge is 0.224 e. The van der Waals surface area contributed by atoms with Crippen molar-refractivity contribution in [3.05, 3.63) is 41.9 Å². The van der Waals surface area contributed by atoms with Crippen molar-refractivity contribution >= 4 is 29.0 Å². The zero-order chi connectivity index (χ0) is 13.2. The summed E-state index contributed by atoms with van der Waals surface area (Å²) in [5, 5.41) is 2.85. The third kappa shape index (κ3) is 2.61. The molecule has 0 saturated heterocycles. The lowest BCUT2D eigenvalue weighted by Gasteiger charge is -2.18. The molecule has 3 N–H and O–H groups in total. The molecule has 0 spiro atoms. The molecule has 2 aromatic rings. The van der Waals surface area contributed by atoms with Crippen LogP contribution in [0.15, 0.2) is 39.8 Å². The monoisotopic (exact) mass is 274 g/mol. The van der Waals surface area contributed by atoms with E-state index in [0.717, 1.165) is 34.1 Å². The number of hydrogen-bond donors (Lipinski definition) is 2. The maximum Gasteiger partial charge on any atom is 0.224 e. The minimum absolute atomic E-state index is 0.0582. The number of rotatable bonds is 3. The number of nitrogen functional groups attached to an aromatic ring is 1. The summed E-state index contributed by atoms with van der Waals surface area (Å²) < 4.78 is 5.30. The number of carbonyl (C=O) groups is 1. The van der Waals surface area contributed by atoms with Crippen LogP contribution in [0.5, 0.6) is 0 Å². The Morgan fingerprint density at radius 2 is 2.26 bits per heavy atom. The van der Waals surface area contributed by atoms with Gasteiger partial charge in [-0.25, -0.2) is 0 Å². The van der Waals surface area contributed by atoms with Crippen LogP contribution in [0.25, 0.3) is 0 Å². The molecule has 1 aromatic carbocycles. The van der Waals surface area contributed by atoms with Crippen LogP contribution in [-0.2, 0) is 17.0 Å². The molecule has 5 heteroatoms. The number of anilines is 2. The zero-order valence-electron chi connectivity index (χ0n) is 10.3. The van der Waals surface area contributed by atoms with E-state index in [1.807, 2.05) is 18.2 Å². The molecule has 0 saturated carbocycles. The highest BCUT2D eigenvalue weighted by Crippen LogP contribution is 2.34. The lowest BCUT2D eigenvalue weighted by molar-refractivity contribution is -0.116. The molecule has 19 heavy (non-hydrogen) atoms. The van der Waals surface area contributed by atoms with Gasteiger partial charge in [0.15, 0.2) is 0 Å². The highest BCUT2D eigenvalue weighted by molar-refractivity contribution is 7.98. The highest BCUT2D eigenvalue weighted by Gasteiger charge is 2.16. The average molecular weight is 274 g/mol. The summed E-state index contributed by atoms with van der Waals surface area (Å²) in [4.78, 5) is 12.4. The van der Waals surface area contributed by atoms with Crippen molar-refractivity contribution in [3.8, 4) is 0 Å². The lowest BCUT2D eigenvalue weighted by atomic mass is 10.0. The Hall–Kier alpha value is -1.88. The number of fused-ring (bicyclic) bond motifs is 1. The van der Waals surface area contributed by atoms with Crippen molar-refractivity contribution in [3.63, 3.8) is 0 Å². The second-order valence-electron chi connectivity index (χ2n) is 4.46. The Bertz CT molecular complexity index is 608. The van der Waals surface area contributed by atoms with Crippen LogP contribution >= 0.6 is 11.8 Å². The van der Waals surface area contributed by atoms with Gasteiger partial charge in [-0.3, -0.25) is 4.79 Å². The fourth-order valence-corrected chi connectivity index (χ4v) is 3.00. The number of nitrogens with one attached hydrogen (secondary N) is 1. The number of aryl methyl sites for hydroxylation is 1. The predicted octanol–water partition coefficient (Wildman–Crippen LogP) is 3.04. The van der Waals surface area contributed by atoms with Gasteiger partial charge in [-0.2, -0.15) is 0 Å². The fraction of sp³-hybridized carbons (Fsp3) is 0.214. The number of furan rings is 1. The van der Waals surface area contributed by atoms with Crippen LogP contribution in [0.1, 0.15) is 17.7 Å². The third-order valence-electron chi connectivity index (χ3n) is 3.08. The van der Waals surface area contributed by atoms with Crippen LogP contribution in [0.4, 0.5) is 11.4 Å². The molecule has 1 amide bonds. The standard InChI is InChI=1S/C14H14N2O2S/c15-11-7-12-9(3-4-14(17)16-12)6-13(11)19-8-10-2-1-5-18-10/h1-2,5-7H,3-4,8,15H2,(H,16,17). The van der Waals surface area contributed by atoms with Gasteiger partial charge in [0.25, 0.3) is 0 Å². The van der Waals surface area contributed by atoms with Crippen LogP contribution in [0.2, 0.25) is 0 Å². The van der Waals surface area contributed by atoms with Gasteiger partial charge < -0.3 is 15.5 Å². The van der Waals surface area contributed by atoms with Crippen molar-refractivity contribution < 1.29 is 9.21 Å². The Morgan fingerprint density at radius 3 is 3.05 bits per heavy atom. The topological polar surface area (TPSA) is 68.3 Å². The second-order valence-corrected chi connectivity index (χ2v) is 5.48. The first-order chi connectivity index (χ1) is 9.22. The number of amides is 1. The molecule has 0 atom stereocenters. The van der Waals surface area contributed by atoms with E-state index in [4.69, 9.17) is 10.2 Å². The van der Waals surface area contributed by atoms with E-state index in [1.54, 1.807) is 18.0 Å². The molecule has 0 aliphatic carbocycles. The SMILES string of the molecule is Nc1cc2c(cc1SCc1ccco1)CCC(=O)N2. The molecule has 1 aliphatic rings. The maximum atomic E-state index is 11.3. The summed E-state index contributed by atoms with van der Waals surface area (Å²) in [6.45, 7) is 0. The number of thioether (sulfide) groups is 1. The van der Waals surface area contributed by atoms with Crippen molar-refractivity contribution in [1.82, 2.24) is 0 Å². The summed E-state index contributed by atoms with van der Waals surface area (Å²) in [5.41, 5.74) is 8.71. The summed E-state index contributed by atoms with van der Waals surface area (Å²) in [6, 6.07) is 7.73. The fourth-order valence-electron chi connectivity index (χ4n) is 2.09. The van der Waals surface area contributed by atoms with Crippen molar-refractivity contribution in [1.29, 1.82) is 0 Å². The third-order valence-corrected chi connectivity index (χ3v) is 4.17. The Labute approximate surface area is 115 Å². The molecule has 0 bridgehead atoms. The molecule has 98 valence electrons. The molecule has 0 unspecified atom stereocenters. The largest absolute Gasteiger partial charge is 0.468 e. The van der Waals surface area contributed by atoms with Crippen LogP contribution in [-0.4, -0.2) is 5.91 Å². The van der Waals surface area contributed by atoms with Crippen molar-refractivity contribution in [2.24, 2.45) is 0 Å². The van der Waals surface area contributed by atoms with E-state index in [1.165, 1.54) is 0 Å². The molecule has 1 aliphatic heterocycles. The highest BCUT2D eigenvalue weighted by atomic mass is 32.2. The number of nitrogens with two attached hydrogens (primary N) is 1. The van der Waals surface area contributed by atoms with Crippen LogP contribution in [0.3, 0.4) is 0 Å². The minimum Gasteiger partial charge on any atom is -0.468 e. The Morgan fingerprint density at radius 1 is 1.37 bits per heavy atom. The summed E-state index contributed by atoms with van der Waals surface area (Å²) in [5.74, 6) is 1.74. The first kappa shape index (κ1) is 12.2. The summed E-state index contributed by atoms with van der Waals surface area (Å²) in [7, 11) is 0. The quantitative estimate of drug-likeness (QED) is 0.667. The van der Waals surface area contributed by atoms with Gasteiger partial charge >= 0.3 is 0 Å². The molecule has 0 fully saturated rings. The van der Waals surface area contributed by atoms with Crippen molar-refractivity contribution in [2.45, 2.75) is 23.5 Å². The first-order valence-corrected chi connectivity index (χ1v) is 7.08. The predicted molar refractivity (Wildman–Crippen MR) is 76.1 cm³/mol. The van der Waals surface area contributed by atoms with Gasteiger partial charge in [-0.1, -0.05) is 0 Å². The van der Waals surface area contributed by atoms with Gasteiger partial charge in [0.2, 0.25) is 5.91 Å². The molecule has 0 radical (unpaired) electrons. The molecule has 1 aromatic heterocycles. The van der Waals surface area contributed by atoms with Gasteiger partial charge in [-0.15, -0.1) is 11.8 Å². The zero-order valence-corrected chi connectivity index (χ0v) is 11.1. The summed E-state index contributed by atoms with van der Waals surface area (Å²) >= 11 is 1.65. The number of hydrogen-bond acceptors (Lipinski definition) is 4. The second kappa shape index (κ2) is 5.01. The van der Waals surface area contributed by atoms with Gasteiger partial charge in [0.05, 0.1) is 12.0 Å². The molecular weight excluding hydrogens is 260 g/mol. The average Bonchev–Trinajstić information content (AvgIpc) is 2.89. The minimum atomic E-state index is 0.0582. The normalized spacial score (nSPS) is 14.0. The van der Waals surface area contributed by atoms with Gasteiger partial charge in [-0.05, 0) is 36.2 Å². The molecule has 4 nitrogen and oxygen atoms in total.